The first-order chi connectivity index (χ1) is 13.5. The average molecular weight is 373 g/mol. The minimum Gasteiger partial charge on any atom is -0.456 e. The zero-order chi connectivity index (χ0) is 19.7. The van der Waals surface area contributed by atoms with Crippen molar-refractivity contribution in [2.75, 3.05) is 5.32 Å². The highest BCUT2D eigenvalue weighted by atomic mass is 19.1. The van der Waals surface area contributed by atoms with Crippen LogP contribution in [0.5, 0.6) is 0 Å². The number of hydrogen-bond acceptors (Lipinski definition) is 3. The highest BCUT2D eigenvalue weighted by molar-refractivity contribution is 6.05. The predicted molar refractivity (Wildman–Crippen MR) is 107 cm³/mol. The zero-order valence-corrected chi connectivity index (χ0v) is 15.0. The number of nitrogens with one attached hydrogen (secondary N) is 1. The van der Waals surface area contributed by atoms with Crippen molar-refractivity contribution in [2.45, 2.75) is 6.92 Å². The Morgan fingerprint density at radius 2 is 1.71 bits per heavy atom. The van der Waals surface area contributed by atoms with Crippen molar-refractivity contribution in [1.82, 2.24) is 0 Å². The van der Waals surface area contributed by atoms with E-state index in [1.165, 1.54) is 30.3 Å². The third-order valence-electron chi connectivity index (χ3n) is 4.51. The molecule has 5 heteroatoms. The Balaban J connectivity index is 1.70. The van der Waals surface area contributed by atoms with Gasteiger partial charge in [0.1, 0.15) is 17.2 Å². The summed E-state index contributed by atoms with van der Waals surface area (Å²) in [5, 5.41) is 2.95. The normalized spacial score (nSPS) is 10.8. The molecule has 0 spiro atoms. The van der Waals surface area contributed by atoms with Crippen molar-refractivity contribution in [1.29, 1.82) is 0 Å². The molecule has 4 nitrogen and oxygen atoms in total. The monoisotopic (exact) mass is 373 g/mol. The molecule has 1 heterocycles. The standard InChI is InChI=1S/C23H16FNO3/c1-14-6-2-3-7-16(14)22-13-20(26)18-12-15(10-11-21(18)28-22)25-23(27)17-8-4-5-9-19(17)24/h2-13H,1H3,(H,25,27). The number of rotatable bonds is 3. The van der Waals surface area contributed by atoms with Crippen molar-refractivity contribution in [3.05, 3.63) is 100.0 Å². The maximum absolute atomic E-state index is 13.8. The Hall–Kier alpha value is -3.73. The van der Waals surface area contributed by atoms with Crippen LogP contribution in [0.3, 0.4) is 0 Å². The molecule has 0 aliphatic carbocycles. The topological polar surface area (TPSA) is 59.3 Å². The van der Waals surface area contributed by atoms with E-state index in [-0.39, 0.29) is 11.0 Å². The molecule has 0 aliphatic heterocycles. The van der Waals surface area contributed by atoms with Gasteiger partial charge < -0.3 is 9.73 Å². The van der Waals surface area contributed by atoms with E-state index in [4.69, 9.17) is 4.42 Å². The molecule has 3 aromatic carbocycles. The predicted octanol–water partition coefficient (Wildman–Crippen LogP) is 5.16. The van der Waals surface area contributed by atoms with E-state index in [0.717, 1.165) is 11.1 Å². The van der Waals surface area contributed by atoms with E-state index in [1.54, 1.807) is 18.2 Å². The summed E-state index contributed by atoms with van der Waals surface area (Å²) in [6, 6.07) is 19.6. The summed E-state index contributed by atoms with van der Waals surface area (Å²) >= 11 is 0. The Morgan fingerprint density at radius 3 is 2.50 bits per heavy atom. The van der Waals surface area contributed by atoms with Crippen LogP contribution in [-0.4, -0.2) is 5.91 Å². The van der Waals surface area contributed by atoms with E-state index >= 15 is 0 Å². The van der Waals surface area contributed by atoms with E-state index < -0.39 is 11.7 Å². The van der Waals surface area contributed by atoms with Crippen molar-refractivity contribution < 1.29 is 13.6 Å². The maximum atomic E-state index is 13.8. The van der Waals surface area contributed by atoms with Crippen molar-refractivity contribution in [3.8, 4) is 11.3 Å². The maximum Gasteiger partial charge on any atom is 0.258 e. The minimum absolute atomic E-state index is 0.0652. The Labute approximate surface area is 160 Å². The molecule has 0 bridgehead atoms. The molecular weight excluding hydrogens is 357 g/mol. The summed E-state index contributed by atoms with van der Waals surface area (Å²) < 4.78 is 19.7. The molecule has 28 heavy (non-hydrogen) atoms. The number of carbonyl (C=O) groups is 1. The van der Waals surface area contributed by atoms with Gasteiger partial charge in [-0.15, -0.1) is 0 Å². The van der Waals surface area contributed by atoms with Crippen LogP contribution in [0.2, 0.25) is 0 Å². The summed E-state index contributed by atoms with van der Waals surface area (Å²) in [7, 11) is 0. The summed E-state index contributed by atoms with van der Waals surface area (Å²) in [5.41, 5.74) is 2.36. The lowest BCUT2D eigenvalue weighted by Crippen LogP contribution is -2.14. The van der Waals surface area contributed by atoms with Crippen LogP contribution in [0.4, 0.5) is 10.1 Å². The number of fused-ring (bicyclic) bond motifs is 1. The second-order valence-electron chi connectivity index (χ2n) is 6.43. The van der Waals surface area contributed by atoms with Gasteiger partial charge in [0.2, 0.25) is 0 Å². The number of halogens is 1. The van der Waals surface area contributed by atoms with E-state index in [1.807, 2.05) is 31.2 Å². The zero-order valence-electron chi connectivity index (χ0n) is 15.0. The average Bonchev–Trinajstić information content (AvgIpc) is 2.69. The molecule has 0 saturated carbocycles. The van der Waals surface area contributed by atoms with Gasteiger partial charge in [-0.1, -0.05) is 36.4 Å². The van der Waals surface area contributed by atoms with Gasteiger partial charge in [0.25, 0.3) is 5.91 Å². The molecule has 0 unspecified atom stereocenters. The third kappa shape index (κ3) is 3.30. The van der Waals surface area contributed by atoms with Crippen LogP contribution in [-0.2, 0) is 0 Å². The smallest absolute Gasteiger partial charge is 0.258 e. The van der Waals surface area contributed by atoms with Crippen LogP contribution in [0.15, 0.2) is 82.0 Å². The van der Waals surface area contributed by atoms with Gasteiger partial charge in [0, 0.05) is 17.3 Å². The van der Waals surface area contributed by atoms with Gasteiger partial charge in [-0.05, 0) is 42.8 Å². The number of aryl methyl sites for hydroxylation is 1. The molecule has 0 fully saturated rings. The number of amides is 1. The van der Waals surface area contributed by atoms with Crippen molar-refractivity contribution in [3.63, 3.8) is 0 Å². The van der Waals surface area contributed by atoms with E-state index in [2.05, 4.69) is 5.32 Å². The molecule has 4 rings (SSSR count). The minimum atomic E-state index is -0.608. The van der Waals surface area contributed by atoms with Gasteiger partial charge in [-0.25, -0.2) is 4.39 Å². The van der Waals surface area contributed by atoms with E-state index in [9.17, 15) is 14.0 Å². The number of benzene rings is 3. The van der Waals surface area contributed by atoms with E-state index in [0.29, 0.717) is 22.4 Å². The fraction of sp³-hybridized carbons (Fsp3) is 0.0435. The Kier molecular flexibility index (Phi) is 4.49. The van der Waals surface area contributed by atoms with Gasteiger partial charge in [-0.3, -0.25) is 9.59 Å². The highest BCUT2D eigenvalue weighted by Gasteiger charge is 2.13. The first kappa shape index (κ1) is 17.7. The van der Waals surface area contributed by atoms with Crippen LogP contribution < -0.4 is 10.7 Å². The lowest BCUT2D eigenvalue weighted by Gasteiger charge is -2.09. The summed E-state index contributed by atoms with van der Waals surface area (Å²) in [4.78, 5) is 24.9. The SMILES string of the molecule is Cc1ccccc1-c1cc(=O)c2cc(NC(=O)c3ccccc3F)ccc2o1. The molecule has 1 N–H and O–H groups in total. The molecule has 0 aliphatic rings. The summed E-state index contributed by atoms with van der Waals surface area (Å²) in [6.07, 6.45) is 0. The van der Waals surface area contributed by atoms with Gasteiger partial charge in [0.15, 0.2) is 5.43 Å². The quantitative estimate of drug-likeness (QED) is 0.540. The van der Waals surface area contributed by atoms with Crippen molar-refractivity contribution >= 4 is 22.6 Å². The van der Waals surface area contributed by atoms with Crippen molar-refractivity contribution in [2.24, 2.45) is 0 Å². The Morgan fingerprint density at radius 1 is 0.964 bits per heavy atom. The summed E-state index contributed by atoms with van der Waals surface area (Å²) in [5.74, 6) is -0.708. The second kappa shape index (κ2) is 7.12. The molecule has 0 radical (unpaired) electrons. The Bertz CT molecular complexity index is 1260. The molecule has 4 aromatic rings. The van der Waals surface area contributed by atoms with Gasteiger partial charge >= 0.3 is 0 Å². The fourth-order valence-corrected chi connectivity index (χ4v) is 3.06. The molecule has 138 valence electrons. The molecular formula is C23H16FNO3. The molecule has 1 amide bonds. The first-order valence-electron chi connectivity index (χ1n) is 8.73. The van der Waals surface area contributed by atoms with Gasteiger partial charge in [-0.2, -0.15) is 0 Å². The van der Waals surface area contributed by atoms with Crippen LogP contribution in [0.25, 0.3) is 22.3 Å². The lowest BCUT2D eigenvalue weighted by atomic mass is 10.1. The third-order valence-corrected chi connectivity index (χ3v) is 4.51. The number of carbonyl (C=O) groups excluding carboxylic acids is 1. The van der Waals surface area contributed by atoms with Gasteiger partial charge in [0.05, 0.1) is 10.9 Å². The highest BCUT2D eigenvalue weighted by Crippen LogP contribution is 2.26. The molecule has 0 atom stereocenters. The lowest BCUT2D eigenvalue weighted by molar-refractivity contribution is 0.102. The molecule has 0 saturated heterocycles. The fourth-order valence-electron chi connectivity index (χ4n) is 3.06. The van der Waals surface area contributed by atoms with Crippen LogP contribution >= 0.6 is 0 Å². The second-order valence-corrected chi connectivity index (χ2v) is 6.43. The number of anilines is 1. The van der Waals surface area contributed by atoms with Crippen LogP contribution in [0, 0.1) is 12.7 Å². The largest absolute Gasteiger partial charge is 0.456 e. The number of hydrogen-bond donors (Lipinski definition) is 1. The summed E-state index contributed by atoms with van der Waals surface area (Å²) in [6.45, 7) is 1.95. The molecule has 1 aromatic heterocycles. The van der Waals surface area contributed by atoms with Crippen LogP contribution in [0.1, 0.15) is 15.9 Å². The first-order valence-corrected chi connectivity index (χ1v) is 8.73.